The van der Waals surface area contributed by atoms with Crippen LogP contribution >= 0.6 is 0 Å². The third-order valence-electron chi connectivity index (χ3n) is 10.0. The lowest BCUT2D eigenvalue weighted by atomic mass is 9.79. The van der Waals surface area contributed by atoms with Gasteiger partial charge in [0.1, 0.15) is 0 Å². The minimum Gasteiger partial charge on any atom is -0.490 e. The van der Waals surface area contributed by atoms with Crippen LogP contribution in [0, 0.1) is 0 Å². The van der Waals surface area contributed by atoms with Crippen LogP contribution in [-0.4, -0.2) is 72.9 Å². The number of ether oxygens (including phenoxy) is 2. The Morgan fingerprint density at radius 1 is 0.857 bits per heavy atom. The van der Waals surface area contributed by atoms with Crippen LogP contribution in [0.5, 0.6) is 11.5 Å². The molecule has 0 unspecified atom stereocenters. The van der Waals surface area contributed by atoms with Crippen molar-refractivity contribution in [2.75, 3.05) is 33.4 Å². The van der Waals surface area contributed by atoms with Crippen molar-refractivity contribution in [3.05, 3.63) is 58.7 Å². The largest absolute Gasteiger partial charge is 0.490 e. The number of hydrogen-bond acceptors (Lipinski definition) is 5. The van der Waals surface area contributed by atoms with Crippen LogP contribution in [-0.2, 0) is 0 Å². The molecule has 2 aromatic carbocycles. The van der Waals surface area contributed by atoms with Crippen LogP contribution in [0.1, 0.15) is 117 Å². The number of benzene rings is 2. The van der Waals surface area contributed by atoms with Crippen LogP contribution in [0.3, 0.4) is 0 Å². The van der Waals surface area contributed by atoms with Gasteiger partial charge >= 0.3 is 0 Å². The first-order valence-electron chi connectivity index (χ1n) is 16.7. The second-order valence-corrected chi connectivity index (χ2v) is 12.8. The average molecular weight is 572 g/mol. The van der Waals surface area contributed by atoms with Crippen molar-refractivity contribution < 1.29 is 14.3 Å². The molecule has 2 saturated carbocycles. The number of carbonyl (C=O) groups is 1. The predicted octanol–water partition coefficient (Wildman–Crippen LogP) is 7.23. The van der Waals surface area contributed by atoms with Gasteiger partial charge in [0.05, 0.1) is 25.0 Å². The van der Waals surface area contributed by atoms with E-state index >= 15 is 0 Å². The maximum atomic E-state index is 14.1. The Bertz CT molecular complexity index is 1240. The molecule has 2 aliphatic carbocycles. The lowest BCUT2D eigenvalue weighted by Gasteiger charge is -2.42. The van der Waals surface area contributed by atoms with Gasteiger partial charge in [-0.1, -0.05) is 50.7 Å². The van der Waals surface area contributed by atoms with Gasteiger partial charge in [0.25, 0.3) is 5.91 Å². The zero-order valence-electron chi connectivity index (χ0n) is 25.9. The fourth-order valence-corrected chi connectivity index (χ4v) is 7.92. The maximum Gasteiger partial charge on any atom is 0.254 e. The lowest BCUT2D eigenvalue weighted by molar-refractivity contribution is 0.0448. The molecule has 6 nitrogen and oxygen atoms in total. The fourth-order valence-electron chi connectivity index (χ4n) is 7.92. The molecule has 226 valence electrons. The predicted molar refractivity (Wildman–Crippen MR) is 169 cm³/mol. The second-order valence-electron chi connectivity index (χ2n) is 12.8. The normalized spacial score (nSPS) is 23.5. The molecule has 1 saturated heterocycles. The third kappa shape index (κ3) is 5.97. The molecule has 2 heterocycles. The van der Waals surface area contributed by atoms with Crippen LogP contribution in [0.2, 0.25) is 0 Å². The van der Waals surface area contributed by atoms with Crippen molar-refractivity contribution in [1.82, 2.24) is 9.80 Å². The van der Waals surface area contributed by atoms with Crippen molar-refractivity contribution in [3.8, 4) is 11.5 Å². The molecule has 0 aromatic heterocycles. The number of hydrogen-bond donors (Lipinski definition) is 0. The molecule has 2 atom stereocenters. The molecule has 6 rings (SSSR count). The highest BCUT2D eigenvalue weighted by atomic mass is 16.5. The van der Waals surface area contributed by atoms with E-state index in [4.69, 9.17) is 14.5 Å². The maximum absolute atomic E-state index is 14.1. The third-order valence-corrected chi connectivity index (χ3v) is 10.0. The van der Waals surface area contributed by atoms with E-state index in [-0.39, 0.29) is 11.9 Å². The van der Waals surface area contributed by atoms with Gasteiger partial charge in [-0.05, 0) is 89.4 Å². The van der Waals surface area contributed by atoms with Gasteiger partial charge in [0.2, 0.25) is 0 Å². The summed E-state index contributed by atoms with van der Waals surface area (Å²) in [6.07, 6.45) is 13.2. The number of carbonyl (C=O) groups excluding carboxylic acids is 1. The number of aliphatic imine (C=N–C) groups is 1. The van der Waals surface area contributed by atoms with E-state index in [1.807, 2.05) is 13.8 Å². The molecular formula is C36H49N3O3. The van der Waals surface area contributed by atoms with Crippen molar-refractivity contribution in [2.24, 2.45) is 4.99 Å². The highest BCUT2D eigenvalue weighted by molar-refractivity contribution is 6.15. The Morgan fingerprint density at radius 2 is 1.45 bits per heavy atom. The van der Waals surface area contributed by atoms with E-state index < -0.39 is 0 Å². The molecule has 1 amide bonds. The Morgan fingerprint density at radius 3 is 2.05 bits per heavy atom. The quantitative estimate of drug-likeness (QED) is 0.335. The molecular weight excluding hydrogens is 522 g/mol. The molecule has 0 bridgehead atoms. The Hall–Kier alpha value is -2.86. The number of likely N-dealkylation sites (N-methyl/N-ethyl adjacent to an activating group) is 1. The Balaban J connectivity index is 1.33. The summed E-state index contributed by atoms with van der Waals surface area (Å²) < 4.78 is 12.1. The summed E-state index contributed by atoms with van der Waals surface area (Å²) in [4.78, 5) is 24.2. The number of piperidine rings is 1. The van der Waals surface area contributed by atoms with Gasteiger partial charge < -0.3 is 19.3 Å². The molecule has 0 N–H and O–H groups in total. The zero-order valence-corrected chi connectivity index (χ0v) is 25.9. The van der Waals surface area contributed by atoms with E-state index in [0.717, 1.165) is 79.1 Å². The minimum absolute atomic E-state index is 0.224. The molecule has 6 heteroatoms. The van der Waals surface area contributed by atoms with Crippen molar-refractivity contribution >= 4 is 11.6 Å². The zero-order chi connectivity index (χ0) is 29.1. The van der Waals surface area contributed by atoms with E-state index in [2.05, 4.69) is 53.2 Å². The fraction of sp³-hybridized carbons (Fsp3) is 0.611. The van der Waals surface area contributed by atoms with Gasteiger partial charge in [0, 0.05) is 41.2 Å². The van der Waals surface area contributed by atoms with Crippen molar-refractivity contribution in [1.29, 1.82) is 0 Å². The Kier molecular flexibility index (Phi) is 9.18. The molecule has 3 fully saturated rings. The molecule has 2 aromatic rings. The SMILES string of the molecule is CCOc1cc2c(cc1OCC)[C@@H]1CN(C)CC[C@@H]1N=C2c1ccc(C(=O)N(C2CCCCC2)C2CCCCC2)cc1. The second kappa shape index (κ2) is 13.2. The first-order chi connectivity index (χ1) is 20.6. The van der Waals surface area contributed by atoms with Crippen LogP contribution in [0.4, 0.5) is 0 Å². The van der Waals surface area contributed by atoms with E-state index in [0.29, 0.717) is 31.2 Å². The van der Waals surface area contributed by atoms with Gasteiger partial charge in [-0.25, -0.2) is 0 Å². The summed E-state index contributed by atoms with van der Waals surface area (Å²) in [7, 11) is 2.20. The van der Waals surface area contributed by atoms with Gasteiger partial charge in [-0.3, -0.25) is 9.79 Å². The first kappa shape index (κ1) is 29.2. The summed E-state index contributed by atoms with van der Waals surface area (Å²) in [5, 5.41) is 0. The Labute approximate surface area is 252 Å². The number of rotatable bonds is 8. The van der Waals surface area contributed by atoms with Crippen molar-refractivity contribution in [2.45, 2.75) is 109 Å². The number of likely N-dealkylation sites (tertiary alicyclic amines) is 1. The highest BCUT2D eigenvalue weighted by Crippen LogP contribution is 2.42. The molecule has 4 aliphatic rings. The standard InChI is InChI=1S/C36H49N3O3/c1-4-41-33-22-29-30(23-34(33)42-5-2)35(37-32-20-21-38(3)24-31(29)32)25-16-18-26(19-17-25)36(40)39(27-12-8-6-9-13-27)28-14-10-7-11-15-28/h16-19,22-23,27-28,31-32H,4-15,20-21,24H2,1-3H3/t31-,32-/m0/s1. The average Bonchev–Trinajstić information content (AvgIpc) is 3.03. The van der Waals surface area contributed by atoms with E-state index in [9.17, 15) is 4.79 Å². The molecule has 2 aliphatic heterocycles. The number of nitrogens with zero attached hydrogens (tertiary/aromatic N) is 3. The van der Waals surface area contributed by atoms with E-state index in [1.165, 1.54) is 44.1 Å². The monoisotopic (exact) mass is 571 g/mol. The summed E-state index contributed by atoms with van der Waals surface area (Å²) >= 11 is 0. The lowest BCUT2D eigenvalue weighted by Crippen LogP contribution is -2.48. The van der Waals surface area contributed by atoms with Crippen molar-refractivity contribution in [3.63, 3.8) is 0 Å². The van der Waals surface area contributed by atoms with Crippen LogP contribution in [0.15, 0.2) is 41.4 Å². The molecule has 0 spiro atoms. The van der Waals surface area contributed by atoms with Crippen LogP contribution < -0.4 is 9.47 Å². The molecule has 0 radical (unpaired) electrons. The van der Waals surface area contributed by atoms with Gasteiger partial charge in [0.15, 0.2) is 11.5 Å². The van der Waals surface area contributed by atoms with Gasteiger partial charge in [-0.15, -0.1) is 0 Å². The minimum atomic E-state index is 0.224. The summed E-state index contributed by atoms with van der Waals surface area (Å²) in [6, 6.07) is 13.7. The smallest absolute Gasteiger partial charge is 0.254 e. The summed E-state index contributed by atoms with van der Waals surface area (Å²) in [5.41, 5.74) is 5.31. The highest BCUT2D eigenvalue weighted by Gasteiger charge is 2.37. The summed E-state index contributed by atoms with van der Waals surface area (Å²) in [5.74, 6) is 2.15. The number of amides is 1. The topological polar surface area (TPSA) is 54.4 Å². The van der Waals surface area contributed by atoms with E-state index in [1.54, 1.807) is 0 Å². The number of fused-ring (bicyclic) bond motifs is 3. The van der Waals surface area contributed by atoms with Crippen LogP contribution in [0.25, 0.3) is 0 Å². The first-order valence-corrected chi connectivity index (χ1v) is 16.7. The van der Waals surface area contributed by atoms with Gasteiger partial charge in [-0.2, -0.15) is 0 Å². The molecule has 42 heavy (non-hydrogen) atoms. The summed E-state index contributed by atoms with van der Waals surface area (Å²) in [6.45, 7) is 7.24.